The van der Waals surface area contributed by atoms with Crippen molar-refractivity contribution < 1.29 is 14.3 Å². The fourth-order valence-electron chi connectivity index (χ4n) is 4.00. The van der Waals surface area contributed by atoms with Gasteiger partial charge in [0, 0.05) is 32.2 Å². The maximum Gasteiger partial charge on any atom is 0.320 e. The molecule has 154 valence electrons. The number of urea groups is 1. The van der Waals surface area contributed by atoms with Gasteiger partial charge in [0.25, 0.3) is 0 Å². The minimum absolute atomic E-state index is 0.0252. The molecule has 3 amide bonds. The van der Waals surface area contributed by atoms with Crippen LogP contribution in [0.5, 0.6) is 0 Å². The number of carbonyl (C=O) groups is 2. The number of rotatable bonds is 4. The van der Waals surface area contributed by atoms with E-state index in [4.69, 9.17) is 4.74 Å². The Morgan fingerprint density at radius 3 is 2.29 bits per heavy atom. The van der Waals surface area contributed by atoms with E-state index in [-0.39, 0.29) is 24.0 Å². The first-order valence-corrected chi connectivity index (χ1v) is 10.1. The average Bonchev–Trinajstić information content (AvgIpc) is 2.70. The van der Waals surface area contributed by atoms with Crippen LogP contribution in [-0.2, 0) is 9.53 Å². The van der Waals surface area contributed by atoms with Gasteiger partial charge in [0.1, 0.15) is 6.04 Å². The van der Waals surface area contributed by atoms with E-state index in [9.17, 15) is 9.59 Å². The number of carbonyl (C=O) groups excluding carboxylic acids is 2. The Balaban J connectivity index is 1.55. The second-order valence-electron chi connectivity index (χ2n) is 7.87. The maximum atomic E-state index is 13.0. The summed E-state index contributed by atoms with van der Waals surface area (Å²) >= 11 is 0. The molecule has 28 heavy (non-hydrogen) atoms. The number of hydrogen-bond donors (Lipinski definition) is 1. The molecule has 1 aromatic rings. The van der Waals surface area contributed by atoms with Crippen molar-refractivity contribution in [2.75, 3.05) is 53.5 Å². The number of nitrogens with zero attached hydrogens (tertiary/aromatic N) is 3. The van der Waals surface area contributed by atoms with Crippen molar-refractivity contribution in [3.63, 3.8) is 0 Å². The van der Waals surface area contributed by atoms with Crippen LogP contribution in [-0.4, -0.2) is 86.2 Å². The lowest BCUT2D eigenvalue weighted by molar-refractivity contribution is -0.126. The third-order valence-corrected chi connectivity index (χ3v) is 5.64. The molecular formula is C21H32N4O3. The molecule has 1 aromatic carbocycles. The maximum absolute atomic E-state index is 13.0. The fraction of sp³-hybridized carbons (Fsp3) is 0.619. The van der Waals surface area contributed by atoms with Gasteiger partial charge in [0.05, 0.1) is 13.2 Å². The number of benzene rings is 1. The first-order chi connectivity index (χ1) is 13.5. The van der Waals surface area contributed by atoms with E-state index in [0.717, 1.165) is 24.0 Å². The second-order valence-corrected chi connectivity index (χ2v) is 7.87. The van der Waals surface area contributed by atoms with Gasteiger partial charge < -0.3 is 19.9 Å². The third kappa shape index (κ3) is 4.83. The third-order valence-electron chi connectivity index (χ3n) is 5.64. The van der Waals surface area contributed by atoms with Gasteiger partial charge in [-0.05, 0) is 45.0 Å². The van der Waals surface area contributed by atoms with Crippen LogP contribution in [0, 0.1) is 6.92 Å². The first-order valence-electron chi connectivity index (χ1n) is 10.1. The summed E-state index contributed by atoms with van der Waals surface area (Å²) in [6.45, 7) is 5.95. The highest BCUT2D eigenvalue weighted by molar-refractivity contribution is 5.84. The SMILES string of the molecule is Cc1ccccc1[C@H](C(=O)NC1CCN(C(=O)N2CCOCC2)CC1)N(C)C. The smallest absolute Gasteiger partial charge is 0.320 e. The normalized spacial score (nSPS) is 19.6. The second kappa shape index (κ2) is 9.39. The molecule has 1 atom stereocenters. The molecule has 0 bridgehead atoms. The number of morpholine rings is 1. The number of ether oxygens (including phenoxy) is 1. The number of aryl methyl sites for hydroxylation is 1. The van der Waals surface area contributed by atoms with Gasteiger partial charge in [-0.2, -0.15) is 0 Å². The van der Waals surface area contributed by atoms with Crippen molar-refractivity contribution in [2.24, 2.45) is 0 Å². The molecule has 7 heteroatoms. The monoisotopic (exact) mass is 388 g/mol. The minimum Gasteiger partial charge on any atom is -0.378 e. The number of piperidine rings is 1. The van der Waals surface area contributed by atoms with Crippen LogP contribution in [0.15, 0.2) is 24.3 Å². The van der Waals surface area contributed by atoms with Crippen molar-refractivity contribution in [1.82, 2.24) is 20.0 Å². The van der Waals surface area contributed by atoms with Crippen LogP contribution in [0.1, 0.15) is 30.0 Å². The van der Waals surface area contributed by atoms with Crippen molar-refractivity contribution in [3.8, 4) is 0 Å². The molecule has 2 heterocycles. The molecule has 0 spiro atoms. The van der Waals surface area contributed by atoms with Gasteiger partial charge in [-0.1, -0.05) is 24.3 Å². The van der Waals surface area contributed by atoms with E-state index in [0.29, 0.717) is 39.4 Å². The van der Waals surface area contributed by atoms with E-state index in [2.05, 4.69) is 5.32 Å². The highest BCUT2D eigenvalue weighted by Crippen LogP contribution is 2.23. The lowest BCUT2D eigenvalue weighted by Crippen LogP contribution is -2.53. The molecule has 0 unspecified atom stereocenters. The quantitative estimate of drug-likeness (QED) is 0.852. The van der Waals surface area contributed by atoms with E-state index < -0.39 is 0 Å². The Labute approximate surface area is 167 Å². The van der Waals surface area contributed by atoms with Crippen molar-refractivity contribution in [1.29, 1.82) is 0 Å². The lowest BCUT2D eigenvalue weighted by Gasteiger charge is -2.37. The topological polar surface area (TPSA) is 65.1 Å². The zero-order valence-electron chi connectivity index (χ0n) is 17.2. The fourth-order valence-corrected chi connectivity index (χ4v) is 4.00. The minimum atomic E-state index is -0.311. The van der Waals surface area contributed by atoms with E-state index in [1.54, 1.807) is 0 Å². The molecule has 7 nitrogen and oxygen atoms in total. The molecule has 2 fully saturated rings. The Kier molecular flexibility index (Phi) is 6.91. The van der Waals surface area contributed by atoms with Gasteiger partial charge in [-0.3, -0.25) is 9.69 Å². The predicted octanol–water partition coefficient (Wildman–Crippen LogP) is 1.63. The van der Waals surface area contributed by atoms with Crippen LogP contribution in [0.2, 0.25) is 0 Å². The zero-order chi connectivity index (χ0) is 20.1. The molecule has 3 rings (SSSR count). The van der Waals surface area contributed by atoms with Crippen LogP contribution in [0.25, 0.3) is 0 Å². The Bertz CT molecular complexity index is 680. The molecular weight excluding hydrogens is 356 g/mol. The van der Waals surface area contributed by atoms with Crippen molar-refractivity contribution >= 4 is 11.9 Å². The molecule has 0 saturated carbocycles. The highest BCUT2D eigenvalue weighted by Gasteiger charge is 2.30. The van der Waals surface area contributed by atoms with E-state index in [1.807, 2.05) is 60.0 Å². The number of hydrogen-bond acceptors (Lipinski definition) is 4. The summed E-state index contributed by atoms with van der Waals surface area (Å²) in [5.74, 6) is 0.0252. The number of likely N-dealkylation sites (N-methyl/N-ethyl adjacent to an activating group) is 1. The van der Waals surface area contributed by atoms with Crippen LogP contribution >= 0.6 is 0 Å². The van der Waals surface area contributed by atoms with Crippen LogP contribution in [0.4, 0.5) is 4.79 Å². The average molecular weight is 389 g/mol. The zero-order valence-corrected chi connectivity index (χ0v) is 17.2. The summed E-state index contributed by atoms with van der Waals surface area (Å²) in [4.78, 5) is 31.3. The van der Waals surface area contributed by atoms with Crippen molar-refractivity contribution in [2.45, 2.75) is 31.8 Å². The van der Waals surface area contributed by atoms with Gasteiger partial charge in [-0.25, -0.2) is 4.79 Å². The Morgan fingerprint density at radius 1 is 1.07 bits per heavy atom. The molecule has 2 aliphatic heterocycles. The molecule has 2 saturated heterocycles. The highest BCUT2D eigenvalue weighted by atomic mass is 16.5. The summed E-state index contributed by atoms with van der Waals surface area (Å²) < 4.78 is 5.32. The van der Waals surface area contributed by atoms with E-state index in [1.165, 1.54) is 0 Å². The molecule has 2 aliphatic rings. The van der Waals surface area contributed by atoms with Crippen molar-refractivity contribution in [3.05, 3.63) is 35.4 Å². The summed E-state index contributed by atoms with van der Waals surface area (Å²) in [5.41, 5.74) is 2.15. The van der Waals surface area contributed by atoms with Gasteiger partial charge in [-0.15, -0.1) is 0 Å². The molecule has 1 N–H and O–H groups in total. The summed E-state index contributed by atoms with van der Waals surface area (Å²) in [5, 5.41) is 3.21. The standard InChI is InChI=1S/C21H32N4O3/c1-16-6-4-5-7-18(16)19(23(2)3)20(26)22-17-8-10-24(11-9-17)21(27)25-12-14-28-15-13-25/h4-7,17,19H,8-15H2,1-3H3,(H,22,26)/t19-/m1/s1. The summed E-state index contributed by atoms with van der Waals surface area (Å²) in [7, 11) is 3.86. The number of amides is 3. The van der Waals surface area contributed by atoms with Crippen LogP contribution < -0.4 is 5.32 Å². The molecule has 0 aliphatic carbocycles. The van der Waals surface area contributed by atoms with Gasteiger partial charge in [0.2, 0.25) is 5.91 Å². The van der Waals surface area contributed by atoms with E-state index >= 15 is 0 Å². The number of nitrogens with one attached hydrogen (secondary N) is 1. The summed E-state index contributed by atoms with van der Waals surface area (Å²) in [6, 6.07) is 7.91. The molecule has 0 radical (unpaired) electrons. The lowest BCUT2D eigenvalue weighted by atomic mass is 9.98. The number of likely N-dealkylation sites (tertiary alicyclic amines) is 1. The Morgan fingerprint density at radius 2 is 1.68 bits per heavy atom. The van der Waals surface area contributed by atoms with Gasteiger partial charge >= 0.3 is 6.03 Å². The summed E-state index contributed by atoms with van der Waals surface area (Å²) in [6.07, 6.45) is 1.57. The van der Waals surface area contributed by atoms with Gasteiger partial charge in [0.15, 0.2) is 0 Å². The predicted molar refractivity (Wildman–Crippen MR) is 108 cm³/mol. The van der Waals surface area contributed by atoms with Crippen LogP contribution in [0.3, 0.4) is 0 Å². The molecule has 0 aromatic heterocycles. The largest absolute Gasteiger partial charge is 0.378 e. The first kappa shape index (κ1) is 20.6. The Hall–Kier alpha value is -2.12.